The number of nitrogens with zero attached hydrogens (tertiary/aromatic N) is 3. The number of fused-ring (bicyclic) bond motifs is 2. The van der Waals surface area contributed by atoms with Gasteiger partial charge in [0.05, 0.1) is 24.9 Å². The minimum Gasteiger partial charge on any atom is -0.374 e. The third-order valence-corrected chi connectivity index (χ3v) is 4.82. The molecular weight excluding hydrogens is 282 g/mol. The Morgan fingerprint density at radius 3 is 3.00 bits per heavy atom. The van der Waals surface area contributed by atoms with Crippen LogP contribution in [0.1, 0.15) is 36.2 Å². The Balaban J connectivity index is 1.52. The highest BCUT2D eigenvalue weighted by Crippen LogP contribution is 2.35. The van der Waals surface area contributed by atoms with Crippen LogP contribution in [0.2, 0.25) is 0 Å². The van der Waals surface area contributed by atoms with Crippen molar-refractivity contribution in [2.75, 3.05) is 19.8 Å². The standard InChI is InChI=1S/C16H21N3O3/c20-16(12-9-17-5-6-18-12)19-7-8-21-14-4-3-13(19)15(14)22-10-11-1-2-11/h5-6,9,11,13-15H,1-4,7-8,10H2/t13-,14-,15-/m0/s1. The molecule has 2 saturated carbocycles. The van der Waals surface area contributed by atoms with E-state index >= 15 is 0 Å². The van der Waals surface area contributed by atoms with E-state index in [9.17, 15) is 4.79 Å². The summed E-state index contributed by atoms with van der Waals surface area (Å²) in [6.07, 6.45) is 9.23. The predicted molar refractivity (Wildman–Crippen MR) is 78.3 cm³/mol. The average molecular weight is 303 g/mol. The van der Waals surface area contributed by atoms with Crippen LogP contribution in [0.25, 0.3) is 0 Å². The maximum absolute atomic E-state index is 12.7. The summed E-state index contributed by atoms with van der Waals surface area (Å²) in [5.74, 6) is 0.649. The summed E-state index contributed by atoms with van der Waals surface area (Å²) in [6, 6.07) is 0.0979. The van der Waals surface area contributed by atoms with Crippen molar-refractivity contribution in [3.05, 3.63) is 24.3 Å². The van der Waals surface area contributed by atoms with Gasteiger partial charge in [-0.1, -0.05) is 0 Å². The lowest BCUT2D eigenvalue weighted by Gasteiger charge is -2.31. The normalized spacial score (nSPS) is 31.1. The second-order valence-electron chi connectivity index (χ2n) is 6.38. The van der Waals surface area contributed by atoms with Crippen LogP contribution in [0.4, 0.5) is 0 Å². The van der Waals surface area contributed by atoms with Crippen LogP contribution < -0.4 is 0 Å². The van der Waals surface area contributed by atoms with Gasteiger partial charge in [-0.3, -0.25) is 9.78 Å². The van der Waals surface area contributed by atoms with Gasteiger partial charge in [0, 0.05) is 25.5 Å². The molecule has 2 aliphatic carbocycles. The predicted octanol–water partition coefficient (Wildman–Crippen LogP) is 1.28. The van der Waals surface area contributed by atoms with Crippen molar-refractivity contribution < 1.29 is 14.3 Å². The topological polar surface area (TPSA) is 64.6 Å². The fraction of sp³-hybridized carbons (Fsp3) is 0.688. The lowest BCUT2D eigenvalue weighted by molar-refractivity contribution is -0.0557. The van der Waals surface area contributed by atoms with Gasteiger partial charge in [0.2, 0.25) is 0 Å². The van der Waals surface area contributed by atoms with E-state index in [2.05, 4.69) is 9.97 Å². The Labute approximate surface area is 129 Å². The second-order valence-corrected chi connectivity index (χ2v) is 6.38. The third kappa shape index (κ3) is 2.73. The number of ether oxygens (including phenoxy) is 2. The van der Waals surface area contributed by atoms with E-state index in [-0.39, 0.29) is 24.2 Å². The molecule has 3 fully saturated rings. The molecule has 0 spiro atoms. The maximum Gasteiger partial charge on any atom is 0.274 e. The molecule has 1 aromatic heterocycles. The molecule has 6 heteroatoms. The Bertz CT molecular complexity index is 535. The fourth-order valence-corrected chi connectivity index (χ4v) is 3.45. The van der Waals surface area contributed by atoms with Crippen LogP contribution in [0, 0.1) is 5.92 Å². The van der Waals surface area contributed by atoms with Crippen LogP contribution in [-0.2, 0) is 9.47 Å². The van der Waals surface area contributed by atoms with Gasteiger partial charge >= 0.3 is 0 Å². The van der Waals surface area contributed by atoms with Crippen molar-refractivity contribution in [3.63, 3.8) is 0 Å². The van der Waals surface area contributed by atoms with E-state index in [1.54, 1.807) is 12.4 Å². The van der Waals surface area contributed by atoms with Gasteiger partial charge in [-0.25, -0.2) is 4.98 Å². The number of hydrogen-bond donors (Lipinski definition) is 0. The van der Waals surface area contributed by atoms with Crippen LogP contribution in [0.5, 0.6) is 0 Å². The van der Waals surface area contributed by atoms with E-state index < -0.39 is 0 Å². The smallest absolute Gasteiger partial charge is 0.274 e. The number of hydrogen-bond acceptors (Lipinski definition) is 5. The Hall–Kier alpha value is -1.53. The van der Waals surface area contributed by atoms with Gasteiger partial charge in [0.25, 0.3) is 5.91 Å². The van der Waals surface area contributed by atoms with Gasteiger partial charge in [-0.15, -0.1) is 0 Å². The van der Waals surface area contributed by atoms with E-state index in [0.717, 1.165) is 19.4 Å². The average Bonchev–Trinajstić information content (AvgIpc) is 3.30. The highest BCUT2D eigenvalue weighted by atomic mass is 16.5. The first-order valence-corrected chi connectivity index (χ1v) is 8.13. The van der Waals surface area contributed by atoms with Crippen LogP contribution >= 0.6 is 0 Å². The Kier molecular flexibility index (Phi) is 3.80. The lowest BCUT2D eigenvalue weighted by Crippen LogP contribution is -2.47. The highest BCUT2D eigenvalue weighted by Gasteiger charge is 2.45. The summed E-state index contributed by atoms with van der Waals surface area (Å²) in [6.45, 7) is 1.96. The van der Waals surface area contributed by atoms with Gasteiger partial charge in [-0.05, 0) is 31.6 Å². The molecule has 0 radical (unpaired) electrons. The van der Waals surface area contributed by atoms with Gasteiger partial charge in [0.1, 0.15) is 11.8 Å². The Morgan fingerprint density at radius 1 is 1.32 bits per heavy atom. The molecule has 3 atom stereocenters. The fourth-order valence-electron chi connectivity index (χ4n) is 3.45. The van der Waals surface area contributed by atoms with Crippen LogP contribution in [0.15, 0.2) is 18.6 Å². The molecule has 3 aliphatic rings. The van der Waals surface area contributed by atoms with Crippen LogP contribution in [0.3, 0.4) is 0 Å². The maximum atomic E-state index is 12.7. The summed E-state index contributed by atoms with van der Waals surface area (Å²) in [7, 11) is 0. The monoisotopic (exact) mass is 303 g/mol. The minimum atomic E-state index is -0.0655. The number of amides is 1. The number of carbonyl (C=O) groups excluding carboxylic acids is 1. The van der Waals surface area contributed by atoms with E-state index in [1.165, 1.54) is 19.0 Å². The first-order chi connectivity index (χ1) is 10.8. The van der Waals surface area contributed by atoms with E-state index in [4.69, 9.17) is 9.47 Å². The summed E-state index contributed by atoms with van der Waals surface area (Å²) < 4.78 is 12.1. The molecule has 1 aliphatic heterocycles. The zero-order valence-electron chi connectivity index (χ0n) is 12.6. The first kappa shape index (κ1) is 14.1. The molecule has 6 nitrogen and oxygen atoms in total. The van der Waals surface area contributed by atoms with Gasteiger partial charge in [0.15, 0.2) is 0 Å². The van der Waals surface area contributed by atoms with E-state index in [0.29, 0.717) is 24.8 Å². The third-order valence-electron chi connectivity index (χ3n) is 4.82. The molecule has 2 heterocycles. The minimum absolute atomic E-state index is 0.00345. The second kappa shape index (κ2) is 5.93. The van der Waals surface area contributed by atoms with Crippen molar-refractivity contribution in [1.29, 1.82) is 0 Å². The highest BCUT2D eigenvalue weighted by molar-refractivity contribution is 5.92. The molecule has 0 unspecified atom stereocenters. The molecule has 0 N–H and O–H groups in total. The zero-order valence-corrected chi connectivity index (χ0v) is 12.6. The molecule has 1 amide bonds. The molecule has 4 rings (SSSR count). The van der Waals surface area contributed by atoms with Crippen molar-refractivity contribution in [3.8, 4) is 0 Å². The molecule has 2 bridgehead atoms. The summed E-state index contributed by atoms with van der Waals surface area (Å²) >= 11 is 0. The largest absolute Gasteiger partial charge is 0.374 e. The summed E-state index contributed by atoms with van der Waals surface area (Å²) in [5, 5.41) is 0. The number of rotatable bonds is 4. The Morgan fingerprint density at radius 2 is 2.23 bits per heavy atom. The number of carbonyl (C=O) groups is 1. The van der Waals surface area contributed by atoms with Crippen molar-refractivity contribution in [2.24, 2.45) is 5.92 Å². The summed E-state index contributed by atoms with van der Waals surface area (Å²) in [4.78, 5) is 22.8. The quantitative estimate of drug-likeness (QED) is 0.838. The SMILES string of the molecule is O=C(c1cnccn1)N1CCO[C@H]2CC[C@H]1[C@@H]2OCC1CC1. The van der Waals surface area contributed by atoms with Crippen LogP contribution in [-0.4, -0.2) is 58.8 Å². The summed E-state index contributed by atoms with van der Waals surface area (Å²) in [5.41, 5.74) is 0.397. The number of aromatic nitrogens is 2. The molecule has 1 saturated heterocycles. The molecular formula is C16H21N3O3. The van der Waals surface area contributed by atoms with Gasteiger partial charge < -0.3 is 14.4 Å². The molecule has 22 heavy (non-hydrogen) atoms. The van der Waals surface area contributed by atoms with Crippen molar-refractivity contribution in [1.82, 2.24) is 14.9 Å². The lowest BCUT2D eigenvalue weighted by atomic mass is 10.1. The molecule has 0 aromatic carbocycles. The molecule has 118 valence electrons. The van der Waals surface area contributed by atoms with E-state index in [1.807, 2.05) is 4.90 Å². The first-order valence-electron chi connectivity index (χ1n) is 8.13. The zero-order chi connectivity index (χ0) is 14.9. The van der Waals surface area contributed by atoms with Gasteiger partial charge in [-0.2, -0.15) is 0 Å². The molecule has 1 aromatic rings. The van der Waals surface area contributed by atoms with Crippen molar-refractivity contribution >= 4 is 5.91 Å². The van der Waals surface area contributed by atoms with Crippen molar-refractivity contribution in [2.45, 2.75) is 43.9 Å².